The minimum Gasteiger partial charge on any atom is -0.343 e. The molecule has 0 unspecified atom stereocenters. The molecule has 0 aliphatic rings. The van der Waals surface area contributed by atoms with E-state index in [-0.39, 0.29) is 16.4 Å². The Kier molecular flexibility index (Phi) is 5.81. The molecule has 33 heavy (non-hydrogen) atoms. The molecule has 3 N–H and O–H groups in total. The number of aromatic nitrogens is 3. The van der Waals surface area contributed by atoms with E-state index in [4.69, 9.17) is 0 Å². The van der Waals surface area contributed by atoms with Crippen LogP contribution in [0.15, 0.2) is 59.9 Å². The fourth-order valence-electron chi connectivity index (χ4n) is 3.12. The first-order valence-electron chi connectivity index (χ1n) is 9.87. The van der Waals surface area contributed by atoms with Gasteiger partial charge in [0.2, 0.25) is 0 Å². The average molecular weight is 471 g/mol. The first-order chi connectivity index (χ1) is 15.7. The zero-order chi connectivity index (χ0) is 23.8. The van der Waals surface area contributed by atoms with Gasteiger partial charge in [0.05, 0.1) is 28.0 Å². The predicted octanol–water partition coefficient (Wildman–Crippen LogP) is 4.41. The Morgan fingerprint density at radius 1 is 1.06 bits per heavy atom. The number of imidazole rings is 1. The van der Waals surface area contributed by atoms with Crippen LogP contribution in [0.2, 0.25) is 0 Å². The normalized spacial score (nSPS) is 11.7. The van der Waals surface area contributed by atoms with Crippen LogP contribution in [0.5, 0.6) is 0 Å². The van der Waals surface area contributed by atoms with Gasteiger partial charge in [-0.1, -0.05) is 26.0 Å². The molecule has 0 fully saturated rings. The molecule has 170 valence electrons. The second-order valence-electron chi connectivity index (χ2n) is 7.56. The Bertz CT molecular complexity index is 1450. The second kappa shape index (κ2) is 8.58. The monoisotopic (exact) mass is 471 g/mol. The molecule has 0 atom stereocenters. The van der Waals surface area contributed by atoms with Crippen LogP contribution < -0.4 is 10.0 Å². The first-order valence-corrected chi connectivity index (χ1v) is 11.4. The van der Waals surface area contributed by atoms with E-state index in [9.17, 15) is 17.6 Å². The molecule has 0 spiro atoms. The van der Waals surface area contributed by atoms with Crippen molar-refractivity contribution in [3.63, 3.8) is 0 Å². The van der Waals surface area contributed by atoms with Gasteiger partial charge in [0.15, 0.2) is 11.5 Å². The number of benzene rings is 2. The van der Waals surface area contributed by atoms with Gasteiger partial charge in [-0.3, -0.25) is 9.52 Å². The van der Waals surface area contributed by atoms with Gasteiger partial charge in [0.1, 0.15) is 11.5 Å². The van der Waals surface area contributed by atoms with Crippen LogP contribution in [-0.2, 0) is 10.0 Å². The van der Waals surface area contributed by atoms with Gasteiger partial charge in [-0.05, 0) is 41.8 Å². The van der Waals surface area contributed by atoms with Gasteiger partial charge >= 0.3 is 0 Å². The number of fused-ring (bicyclic) bond motifs is 1. The first kappa shape index (κ1) is 22.3. The maximum absolute atomic E-state index is 15.0. The number of carbonyl (C=O) groups excluding carboxylic acids is 1. The quantitative estimate of drug-likeness (QED) is 0.385. The van der Waals surface area contributed by atoms with E-state index >= 15 is 4.39 Å². The van der Waals surface area contributed by atoms with Gasteiger partial charge in [-0.25, -0.2) is 27.2 Å². The molecular weight excluding hydrogens is 452 g/mol. The number of aromatic amines is 1. The fraction of sp³-hybridized carbons (Fsp3) is 0.136. The number of nitrogens with one attached hydrogen (secondary N) is 3. The summed E-state index contributed by atoms with van der Waals surface area (Å²) in [7, 11) is -4.15. The number of anilines is 2. The lowest BCUT2D eigenvalue weighted by Crippen LogP contribution is -2.18. The molecule has 4 rings (SSSR count). The molecule has 2 heterocycles. The zero-order valence-electron chi connectivity index (χ0n) is 17.6. The molecular formula is C22H19F2N5O3S. The second-order valence-corrected chi connectivity index (χ2v) is 9.25. The van der Waals surface area contributed by atoms with E-state index in [1.54, 1.807) is 12.1 Å². The maximum Gasteiger partial charge on any atom is 0.261 e. The Morgan fingerprint density at radius 3 is 2.48 bits per heavy atom. The van der Waals surface area contributed by atoms with Gasteiger partial charge in [0.25, 0.3) is 15.9 Å². The van der Waals surface area contributed by atoms with Crippen molar-refractivity contribution in [2.45, 2.75) is 24.7 Å². The number of hydrogen-bond acceptors (Lipinski definition) is 5. The predicted molar refractivity (Wildman–Crippen MR) is 120 cm³/mol. The van der Waals surface area contributed by atoms with Crippen molar-refractivity contribution in [2.75, 3.05) is 10.0 Å². The molecule has 0 saturated carbocycles. The third-order valence-electron chi connectivity index (χ3n) is 4.97. The lowest BCUT2D eigenvalue weighted by atomic mass is 10.0. The Balaban J connectivity index is 1.60. The highest BCUT2D eigenvalue weighted by molar-refractivity contribution is 7.92. The van der Waals surface area contributed by atoms with E-state index in [1.807, 2.05) is 13.8 Å². The highest BCUT2D eigenvalue weighted by Crippen LogP contribution is 2.28. The molecule has 0 saturated heterocycles. The number of rotatable bonds is 6. The zero-order valence-corrected chi connectivity index (χ0v) is 18.4. The lowest BCUT2D eigenvalue weighted by molar-refractivity contribution is 0.102. The van der Waals surface area contributed by atoms with Crippen LogP contribution in [0.25, 0.3) is 11.2 Å². The van der Waals surface area contributed by atoms with E-state index in [1.165, 1.54) is 30.7 Å². The Hall–Kier alpha value is -3.86. The van der Waals surface area contributed by atoms with Crippen molar-refractivity contribution >= 4 is 38.5 Å². The van der Waals surface area contributed by atoms with Crippen molar-refractivity contribution in [3.05, 3.63) is 77.8 Å². The number of sulfonamides is 1. The highest BCUT2D eigenvalue weighted by atomic mass is 32.2. The fourth-order valence-corrected chi connectivity index (χ4v) is 4.18. The summed E-state index contributed by atoms with van der Waals surface area (Å²) in [5, 5.41) is 2.14. The van der Waals surface area contributed by atoms with E-state index in [0.717, 1.165) is 17.7 Å². The van der Waals surface area contributed by atoms with Gasteiger partial charge in [0, 0.05) is 6.20 Å². The highest BCUT2D eigenvalue weighted by Gasteiger charge is 2.22. The van der Waals surface area contributed by atoms with Gasteiger partial charge in [-0.2, -0.15) is 0 Å². The number of hydrogen-bond donors (Lipinski definition) is 3. The minimum absolute atomic E-state index is 0.0294. The van der Waals surface area contributed by atoms with Crippen LogP contribution >= 0.6 is 0 Å². The summed E-state index contributed by atoms with van der Waals surface area (Å²) in [5.74, 6) is -2.96. The maximum atomic E-state index is 15.0. The number of nitrogens with zero attached hydrogens (tertiary/aromatic N) is 2. The molecule has 0 radical (unpaired) electrons. The van der Waals surface area contributed by atoms with E-state index < -0.39 is 38.9 Å². The van der Waals surface area contributed by atoms with Crippen LogP contribution in [0.4, 0.5) is 20.2 Å². The SMILES string of the molecule is CC(C)c1ccc(S(=O)(=O)Nc2ccc(F)c(NC(=O)c3cnc4nc[nH]c4c3)c2F)cc1. The van der Waals surface area contributed by atoms with Crippen molar-refractivity contribution in [1.29, 1.82) is 0 Å². The summed E-state index contributed by atoms with van der Waals surface area (Å²) >= 11 is 0. The summed E-state index contributed by atoms with van der Waals surface area (Å²) in [6.07, 6.45) is 2.60. The number of halogens is 2. The van der Waals surface area contributed by atoms with Crippen LogP contribution in [0, 0.1) is 11.6 Å². The van der Waals surface area contributed by atoms with Gasteiger partial charge in [-0.15, -0.1) is 0 Å². The molecule has 0 aliphatic carbocycles. The largest absolute Gasteiger partial charge is 0.343 e. The number of pyridine rings is 1. The minimum atomic E-state index is -4.15. The van der Waals surface area contributed by atoms with Crippen LogP contribution in [0.3, 0.4) is 0 Å². The third-order valence-corrected chi connectivity index (χ3v) is 6.35. The summed E-state index contributed by atoms with van der Waals surface area (Å²) < 4.78 is 56.8. The molecule has 2 aromatic heterocycles. The van der Waals surface area contributed by atoms with Crippen molar-refractivity contribution in [1.82, 2.24) is 15.0 Å². The van der Waals surface area contributed by atoms with Crippen LogP contribution in [0.1, 0.15) is 35.7 Å². The molecule has 1 amide bonds. The van der Waals surface area contributed by atoms with Crippen LogP contribution in [-0.4, -0.2) is 29.3 Å². The molecule has 4 aromatic rings. The Labute approximate surface area is 188 Å². The van der Waals surface area contributed by atoms with Crippen molar-refractivity contribution in [3.8, 4) is 0 Å². The lowest BCUT2D eigenvalue weighted by Gasteiger charge is -2.14. The summed E-state index contributed by atoms with van der Waals surface area (Å²) in [5.41, 5.74) is 0.508. The number of H-pyrrole nitrogens is 1. The number of carbonyl (C=O) groups is 1. The van der Waals surface area contributed by atoms with Crippen molar-refractivity contribution in [2.24, 2.45) is 0 Å². The standard InChI is InChI=1S/C22H19F2N5O3S/c1-12(2)13-3-5-15(6-4-13)33(31,32)29-17-8-7-16(23)20(19(17)24)28-22(30)14-9-18-21(25-10-14)27-11-26-18/h3-12,29H,1-2H3,(H,28,30)(H,25,26,27). The Morgan fingerprint density at radius 2 is 1.79 bits per heavy atom. The number of amides is 1. The molecule has 0 aliphatic heterocycles. The van der Waals surface area contributed by atoms with Gasteiger partial charge < -0.3 is 10.3 Å². The van der Waals surface area contributed by atoms with Crippen molar-refractivity contribution < 1.29 is 22.0 Å². The summed E-state index contributed by atoms with van der Waals surface area (Å²) in [4.78, 5) is 23.1. The average Bonchev–Trinajstić information content (AvgIpc) is 3.26. The van der Waals surface area contributed by atoms with E-state index in [2.05, 4.69) is 25.0 Å². The van der Waals surface area contributed by atoms with E-state index in [0.29, 0.717) is 11.2 Å². The smallest absolute Gasteiger partial charge is 0.261 e. The molecule has 0 bridgehead atoms. The molecule has 2 aromatic carbocycles. The molecule has 11 heteroatoms. The topological polar surface area (TPSA) is 117 Å². The summed E-state index contributed by atoms with van der Waals surface area (Å²) in [6.45, 7) is 3.93. The third kappa shape index (κ3) is 4.53. The summed E-state index contributed by atoms with van der Waals surface area (Å²) in [6, 6.07) is 9.36. The molecule has 8 nitrogen and oxygen atoms in total.